The third-order valence-electron chi connectivity index (χ3n) is 2.70. The summed E-state index contributed by atoms with van der Waals surface area (Å²) in [5, 5.41) is 8.93. The minimum atomic E-state index is -3.58. The van der Waals surface area contributed by atoms with Gasteiger partial charge in [-0.15, -0.1) is 0 Å². The van der Waals surface area contributed by atoms with Crippen molar-refractivity contribution in [1.29, 1.82) is 0 Å². The molecule has 19 heavy (non-hydrogen) atoms. The van der Waals surface area contributed by atoms with Gasteiger partial charge in [-0.3, -0.25) is 4.79 Å². The number of hydrogen-bond donors (Lipinski definition) is 2. The minimum absolute atomic E-state index is 0.107. The van der Waals surface area contributed by atoms with E-state index in [9.17, 15) is 13.2 Å². The topological polar surface area (TPSA) is 83.5 Å². The molecule has 0 aliphatic carbocycles. The lowest BCUT2D eigenvalue weighted by Crippen LogP contribution is -2.41. The Balaban J connectivity index is 2.58. The van der Waals surface area contributed by atoms with Gasteiger partial charge in [-0.1, -0.05) is 43.7 Å². The Hall–Kier alpha value is -1.40. The lowest BCUT2D eigenvalue weighted by molar-refractivity contribution is -0.139. The van der Waals surface area contributed by atoms with Gasteiger partial charge in [-0.2, -0.15) is 0 Å². The highest BCUT2D eigenvalue weighted by molar-refractivity contribution is 7.89. The molecule has 2 N–H and O–H groups in total. The molecule has 0 heterocycles. The number of nitrogens with one attached hydrogen (secondary N) is 1. The lowest BCUT2D eigenvalue weighted by Gasteiger charge is -2.13. The number of carbonyl (C=O) groups is 1. The molecule has 0 aliphatic heterocycles. The van der Waals surface area contributed by atoms with E-state index in [0.717, 1.165) is 5.56 Å². The zero-order chi connectivity index (χ0) is 14.3. The number of benzene rings is 1. The predicted octanol–water partition coefficient (Wildman–Crippen LogP) is 1.40. The van der Waals surface area contributed by atoms with Crippen molar-refractivity contribution in [2.24, 2.45) is 0 Å². The highest BCUT2D eigenvalue weighted by atomic mass is 32.2. The summed E-state index contributed by atoms with van der Waals surface area (Å²) < 4.78 is 25.9. The molecule has 0 aromatic heterocycles. The predicted molar refractivity (Wildman–Crippen MR) is 73.4 cm³/mol. The summed E-state index contributed by atoms with van der Waals surface area (Å²) in [4.78, 5) is 10.9. The molecule has 0 spiro atoms. The van der Waals surface area contributed by atoms with Gasteiger partial charge < -0.3 is 5.11 Å². The van der Waals surface area contributed by atoms with Crippen molar-refractivity contribution in [2.45, 2.75) is 32.2 Å². The zero-order valence-electron chi connectivity index (χ0n) is 10.9. The number of rotatable bonds is 8. The highest BCUT2D eigenvalue weighted by Gasteiger charge is 2.22. The molecule has 6 heteroatoms. The number of aryl methyl sites for hydroxylation is 1. The first kappa shape index (κ1) is 15.7. The van der Waals surface area contributed by atoms with E-state index in [-0.39, 0.29) is 5.75 Å². The second-order valence-corrected chi connectivity index (χ2v) is 6.23. The number of aliphatic carboxylic acids is 1. The summed E-state index contributed by atoms with van der Waals surface area (Å²) in [6.07, 6.45) is 1.27. The maximum Gasteiger partial charge on any atom is 0.321 e. The van der Waals surface area contributed by atoms with Crippen molar-refractivity contribution < 1.29 is 18.3 Å². The van der Waals surface area contributed by atoms with E-state index in [4.69, 9.17) is 5.11 Å². The molecule has 0 saturated heterocycles. The average Bonchev–Trinajstić information content (AvgIpc) is 2.37. The fourth-order valence-electron chi connectivity index (χ4n) is 1.69. The third-order valence-corrected chi connectivity index (χ3v) is 4.08. The molecule has 0 radical (unpaired) electrons. The van der Waals surface area contributed by atoms with E-state index in [1.807, 2.05) is 37.3 Å². The van der Waals surface area contributed by atoms with Crippen molar-refractivity contribution >= 4 is 16.0 Å². The maximum atomic E-state index is 11.8. The average molecular weight is 285 g/mol. The van der Waals surface area contributed by atoms with Gasteiger partial charge in [-0.05, 0) is 18.4 Å². The maximum absolute atomic E-state index is 11.8. The summed E-state index contributed by atoms with van der Waals surface area (Å²) in [5.41, 5.74) is 0.912. The molecule has 106 valence electrons. The first-order valence-corrected chi connectivity index (χ1v) is 7.86. The van der Waals surface area contributed by atoms with Crippen molar-refractivity contribution in [3.05, 3.63) is 35.9 Å². The molecule has 5 nitrogen and oxygen atoms in total. The normalized spacial score (nSPS) is 13.1. The molecule has 0 saturated carbocycles. The second kappa shape index (κ2) is 7.25. The summed E-state index contributed by atoms with van der Waals surface area (Å²) in [7, 11) is -3.58. The van der Waals surface area contributed by atoms with E-state index in [1.165, 1.54) is 0 Å². The van der Waals surface area contributed by atoms with Crippen LogP contribution in [0.15, 0.2) is 30.3 Å². The quantitative estimate of drug-likeness (QED) is 0.756. The summed E-state index contributed by atoms with van der Waals surface area (Å²) in [6, 6.07) is 8.19. The first-order valence-electron chi connectivity index (χ1n) is 6.21. The van der Waals surface area contributed by atoms with Crippen molar-refractivity contribution in [2.75, 3.05) is 5.75 Å². The van der Waals surface area contributed by atoms with Gasteiger partial charge in [0.25, 0.3) is 0 Å². The fraction of sp³-hybridized carbons (Fsp3) is 0.462. The standard InChI is InChI=1S/C13H19NO4S/c1-2-6-12(13(15)16)14-19(17,18)10-9-11-7-4-3-5-8-11/h3-5,7-8,12,14H,2,6,9-10H2,1H3,(H,15,16)/t12-/m0/s1. The summed E-state index contributed by atoms with van der Waals surface area (Å²) in [5.74, 6) is -1.24. The van der Waals surface area contributed by atoms with Crippen molar-refractivity contribution in [3.63, 3.8) is 0 Å². The van der Waals surface area contributed by atoms with Gasteiger partial charge in [0.1, 0.15) is 6.04 Å². The van der Waals surface area contributed by atoms with Crippen molar-refractivity contribution in [3.8, 4) is 0 Å². The Bertz CT molecular complexity index is 499. The molecule has 0 fully saturated rings. The van der Waals surface area contributed by atoms with E-state index in [2.05, 4.69) is 4.72 Å². The molecule has 0 aliphatic rings. The van der Waals surface area contributed by atoms with Gasteiger partial charge in [0.2, 0.25) is 10.0 Å². The number of carboxylic acid groups (broad SMARTS) is 1. The number of sulfonamides is 1. The van der Waals surface area contributed by atoms with Crippen LogP contribution >= 0.6 is 0 Å². The van der Waals surface area contributed by atoms with Gasteiger partial charge in [0.05, 0.1) is 5.75 Å². The zero-order valence-corrected chi connectivity index (χ0v) is 11.7. The van der Waals surface area contributed by atoms with Gasteiger partial charge in [-0.25, -0.2) is 13.1 Å². The molecule has 1 rings (SSSR count). The molecule has 0 amide bonds. The van der Waals surface area contributed by atoms with Crippen LogP contribution in [0.4, 0.5) is 0 Å². The van der Waals surface area contributed by atoms with Crippen molar-refractivity contribution in [1.82, 2.24) is 4.72 Å². The molecular weight excluding hydrogens is 266 g/mol. The van der Waals surface area contributed by atoms with Crippen LogP contribution < -0.4 is 4.72 Å². The molecule has 1 aromatic rings. The molecule has 1 atom stereocenters. The Morgan fingerprint density at radius 1 is 1.32 bits per heavy atom. The molecule has 1 aromatic carbocycles. The molecule has 0 bridgehead atoms. The van der Waals surface area contributed by atoms with Crippen LogP contribution in [-0.2, 0) is 21.2 Å². The fourth-order valence-corrected chi connectivity index (χ4v) is 2.97. The second-order valence-electron chi connectivity index (χ2n) is 4.35. The Morgan fingerprint density at radius 2 is 1.95 bits per heavy atom. The Kier molecular flexibility index (Phi) is 5.98. The van der Waals surface area contributed by atoms with Crippen LogP contribution in [0.5, 0.6) is 0 Å². The van der Waals surface area contributed by atoms with Crippen LogP contribution in [0.1, 0.15) is 25.3 Å². The number of carboxylic acids is 1. The Labute approximate surface area is 113 Å². The van der Waals surface area contributed by atoms with E-state index in [0.29, 0.717) is 19.3 Å². The van der Waals surface area contributed by atoms with E-state index in [1.54, 1.807) is 0 Å². The van der Waals surface area contributed by atoms with E-state index < -0.39 is 22.0 Å². The molecular formula is C13H19NO4S. The van der Waals surface area contributed by atoms with Gasteiger partial charge in [0.15, 0.2) is 0 Å². The van der Waals surface area contributed by atoms with Crippen LogP contribution in [-0.4, -0.2) is 31.3 Å². The van der Waals surface area contributed by atoms with E-state index >= 15 is 0 Å². The molecule has 0 unspecified atom stereocenters. The highest BCUT2D eigenvalue weighted by Crippen LogP contribution is 2.04. The largest absolute Gasteiger partial charge is 0.480 e. The van der Waals surface area contributed by atoms with Crippen LogP contribution in [0.3, 0.4) is 0 Å². The van der Waals surface area contributed by atoms with Crippen LogP contribution in [0, 0.1) is 0 Å². The minimum Gasteiger partial charge on any atom is -0.480 e. The Morgan fingerprint density at radius 3 is 2.47 bits per heavy atom. The SMILES string of the molecule is CCC[C@H](NS(=O)(=O)CCc1ccccc1)C(=O)O. The third kappa shape index (κ3) is 5.85. The smallest absolute Gasteiger partial charge is 0.321 e. The summed E-state index contributed by atoms with van der Waals surface area (Å²) in [6.45, 7) is 1.81. The van der Waals surface area contributed by atoms with Gasteiger partial charge in [0, 0.05) is 0 Å². The monoisotopic (exact) mass is 285 g/mol. The first-order chi connectivity index (χ1) is 8.94. The van der Waals surface area contributed by atoms with Crippen LogP contribution in [0.25, 0.3) is 0 Å². The lowest BCUT2D eigenvalue weighted by atomic mass is 10.2. The summed E-state index contributed by atoms with van der Waals surface area (Å²) >= 11 is 0. The van der Waals surface area contributed by atoms with Crippen LogP contribution in [0.2, 0.25) is 0 Å². The van der Waals surface area contributed by atoms with Gasteiger partial charge >= 0.3 is 5.97 Å². The number of hydrogen-bond acceptors (Lipinski definition) is 3.